The van der Waals surface area contributed by atoms with Gasteiger partial charge in [-0.15, -0.1) is 10.2 Å². The van der Waals surface area contributed by atoms with Gasteiger partial charge >= 0.3 is 0 Å². The number of rotatable bonds is 7. The number of nitrogens with zero attached hydrogens (tertiary/aromatic N) is 2. The van der Waals surface area contributed by atoms with Crippen LogP contribution in [0.1, 0.15) is 22.8 Å². The van der Waals surface area contributed by atoms with Crippen molar-refractivity contribution in [2.75, 3.05) is 12.4 Å². The molecule has 0 bridgehead atoms. The third-order valence-electron chi connectivity index (χ3n) is 5.70. The predicted octanol–water partition coefficient (Wildman–Crippen LogP) is 7.34. The Morgan fingerprint density at radius 3 is 2.42 bits per heavy atom. The van der Waals surface area contributed by atoms with Crippen molar-refractivity contribution in [3.05, 3.63) is 81.8 Å². The van der Waals surface area contributed by atoms with Gasteiger partial charge in [0.05, 0.1) is 23.4 Å². The number of fused-ring (bicyclic) bond motifs is 1. The number of methoxy groups -OCH3 is 1. The van der Waals surface area contributed by atoms with Crippen LogP contribution in [0.4, 0.5) is 17.1 Å². The van der Waals surface area contributed by atoms with E-state index in [1.165, 1.54) is 31.4 Å². The second-order valence-corrected chi connectivity index (χ2v) is 10.3. The van der Waals surface area contributed by atoms with E-state index in [0.29, 0.717) is 21.5 Å². The van der Waals surface area contributed by atoms with Crippen LogP contribution in [-0.4, -0.2) is 31.1 Å². The Hall–Kier alpha value is -3.70. The van der Waals surface area contributed by atoms with E-state index < -0.39 is 26.7 Å². The number of phenols is 1. The zero-order valence-corrected chi connectivity index (χ0v) is 22.4. The highest BCUT2D eigenvalue weighted by atomic mass is 35.5. The molecule has 38 heavy (non-hydrogen) atoms. The second kappa shape index (κ2) is 11.0. The first-order chi connectivity index (χ1) is 18.0. The lowest BCUT2D eigenvalue weighted by Gasteiger charge is -2.13. The van der Waals surface area contributed by atoms with Gasteiger partial charge in [-0.2, -0.15) is 8.42 Å². The van der Waals surface area contributed by atoms with E-state index in [2.05, 4.69) is 15.5 Å². The summed E-state index contributed by atoms with van der Waals surface area (Å²) in [5.74, 6) is -0.844. The molecular weight excluding hydrogens is 553 g/mol. The average molecular weight is 574 g/mol. The van der Waals surface area contributed by atoms with Gasteiger partial charge in [0.15, 0.2) is 5.75 Å². The molecule has 0 heterocycles. The van der Waals surface area contributed by atoms with Crippen molar-refractivity contribution in [3.8, 4) is 11.5 Å². The van der Waals surface area contributed by atoms with Gasteiger partial charge in [0.25, 0.3) is 16.0 Å². The molecule has 0 aliphatic carbocycles. The van der Waals surface area contributed by atoms with Gasteiger partial charge in [-0.05, 0) is 47.7 Å². The Morgan fingerprint density at radius 2 is 1.74 bits per heavy atom. The van der Waals surface area contributed by atoms with Gasteiger partial charge in [0.2, 0.25) is 0 Å². The molecule has 0 aromatic heterocycles. The van der Waals surface area contributed by atoms with Gasteiger partial charge in [0, 0.05) is 10.4 Å². The Kier molecular flexibility index (Phi) is 7.89. The fraction of sp³-hybridized carbons (Fsp3) is 0.115. The Labute approximate surface area is 228 Å². The van der Waals surface area contributed by atoms with Crippen LogP contribution >= 0.6 is 23.2 Å². The van der Waals surface area contributed by atoms with E-state index in [-0.39, 0.29) is 39.6 Å². The summed E-state index contributed by atoms with van der Waals surface area (Å²) in [6.45, 7) is 1.70. The molecule has 1 amide bonds. The number of aromatic hydroxyl groups is 1. The molecule has 4 aromatic carbocycles. The summed E-state index contributed by atoms with van der Waals surface area (Å²) in [7, 11) is -3.27. The lowest BCUT2D eigenvalue weighted by molar-refractivity contribution is 0.102. The normalized spacial score (nSPS) is 11.7. The number of carbonyl (C=O) groups excluding carboxylic acids is 1. The molecule has 3 N–H and O–H groups in total. The lowest BCUT2D eigenvalue weighted by atomic mass is 10.0. The monoisotopic (exact) mass is 573 g/mol. The minimum Gasteiger partial charge on any atom is -0.505 e. The summed E-state index contributed by atoms with van der Waals surface area (Å²) in [5.41, 5.74) is 0.0226. The van der Waals surface area contributed by atoms with Crippen molar-refractivity contribution >= 4 is 67.1 Å². The van der Waals surface area contributed by atoms with Gasteiger partial charge in [0.1, 0.15) is 22.0 Å². The van der Waals surface area contributed by atoms with Gasteiger partial charge < -0.3 is 15.2 Å². The van der Waals surface area contributed by atoms with Gasteiger partial charge in [-0.3, -0.25) is 9.35 Å². The molecule has 0 aliphatic rings. The quantitative estimate of drug-likeness (QED) is 0.156. The van der Waals surface area contributed by atoms with Crippen molar-refractivity contribution in [1.82, 2.24) is 0 Å². The number of azo groups is 1. The molecule has 0 radical (unpaired) electrons. The van der Waals surface area contributed by atoms with Gasteiger partial charge in [-0.25, -0.2) is 0 Å². The minimum atomic E-state index is -4.71. The number of nitrogens with one attached hydrogen (secondary N) is 1. The van der Waals surface area contributed by atoms with E-state index in [4.69, 9.17) is 27.9 Å². The Morgan fingerprint density at radius 1 is 1.03 bits per heavy atom. The number of aryl methyl sites for hydroxylation is 1. The standard InChI is InChI=1S/C26H21Cl2N3O6S/c1-3-14-8-10-19(28)23(25(14)38(34,35)36)31-30-22-17-7-5-4-6-15(17)12-18(24(22)32)26(33)29-20-13-16(27)9-11-21(20)37-2/h4-13,32H,3H2,1-2H3,(H,29,33)(H,34,35,36). The van der Waals surface area contributed by atoms with Crippen molar-refractivity contribution < 1.29 is 27.6 Å². The van der Waals surface area contributed by atoms with Crippen LogP contribution in [0, 0.1) is 0 Å². The number of hydrogen-bond acceptors (Lipinski definition) is 7. The largest absolute Gasteiger partial charge is 0.505 e. The molecule has 9 nitrogen and oxygen atoms in total. The molecule has 12 heteroatoms. The Balaban J connectivity index is 1.87. The molecule has 0 spiro atoms. The molecule has 4 aromatic rings. The maximum Gasteiger partial charge on any atom is 0.297 e. The maximum absolute atomic E-state index is 13.2. The third-order valence-corrected chi connectivity index (χ3v) is 7.21. The number of ether oxygens (including phenoxy) is 1. The van der Waals surface area contributed by atoms with E-state index in [1.807, 2.05) is 0 Å². The summed E-state index contributed by atoms with van der Waals surface area (Å²) in [6, 6.07) is 15.8. The SMILES string of the molecule is CCc1ccc(Cl)c(N=Nc2c(O)c(C(=O)Nc3cc(Cl)ccc3OC)cc3ccccc23)c1S(=O)(=O)O. The highest BCUT2D eigenvalue weighted by molar-refractivity contribution is 7.86. The highest BCUT2D eigenvalue weighted by Crippen LogP contribution is 2.42. The average Bonchev–Trinajstić information content (AvgIpc) is 2.87. The van der Waals surface area contributed by atoms with Crippen LogP contribution < -0.4 is 10.1 Å². The van der Waals surface area contributed by atoms with Crippen LogP contribution in [0.15, 0.2) is 75.8 Å². The lowest BCUT2D eigenvalue weighted by Crippen LogP contribution is -2.13. The molecule has 0 aliphatic heterocycles. The fourth-order valence-corrected chi connectivity index (χ4v) is 5.27. The zero-order chi connectivity index (χ0) is 27.6. The first-order valence-electron chi connectivity index (χ1n) is 11.1. The topological polar surface area (TPSA) is 138 Å². The number of benzene rings is 4. The summed E-state index contributed by atoms with van der Waals surface area (Å²) >= 11 is 12.3. The zero-order valence-electron chi connectivity index (χ0n) is 20.1. The van der Waals surface area contributed by atoms with Crippen molar-refractivity contribution in [3.63, 3.8) is 0 Å². The molecule has 4 rings (SSSR count). The molecule has 0 fully saturated rings. The summed E-state index contributed by atoms with van der Waals surface area (Å²) < 4.78 is 39.4. The molecule has 0 saturated heterocycles. The number of hydrogen-bond donors (Lipinski definition) is 3. The number of halogens is 2. The number of phenolic OH excluding ortho intramolecular Hbond substituents is 1. The molecular formula is C26H21Cl2N3O6S. The van der Waals surface area contributed by atoms with Crippen LogP contribution in [-0.2, 0) is 16.5 Å². The van der Waals surface area contributed by atoms with Crippen LogP contribution in [0.2, 0.25) is 10.0 Å². The third kappa shape index (κ3) is 5.44. The van der Waals surface area contributed by atoms with Crippen molar-refractivity contribution in [2.24, 2.45) is 10.2 Å². The van der Waals surface area contributed by atoms with Crippen molar-refractivity contribution in [1.29, 1.82) is 0 Å². The molecule has 0 unspecified atom stereocenters. The minimum absolute atomic E-state index is 0.0793. The summed E-state index contributed by atoms with van der Waals surface area (Å²) in [5, 5.41) is 23.2. The van der Waals surface area contributed by atoms with E-state index >= 15 is 0 Å². The second-order valence-electron chi connectivity index (χ2n) is 8.05. The number of carbonyl (C=O) groups is 1. The van der Waals surface area contributed by atoms with Crippen LogP contribution in [0.3, 0.4) is 0 Å². The fourth-order valence-electron chi connectivity index (χ4n) is 3.91. The molecule has 0 saturated carbocycles. The van der Waals surface area contributed by atoms with Crippen molar-refractivity contribution in [2.45, 2.75) is 18.2 Å². The van der Waals surface area contributed by atoms with E-state index in [1.54, 1.807) is 43.3 Å². The molecule has 196 valence electrons. The highest BCUT2D eigenvalue weighted by Gasteiger charge is 2.24. The summed E-state index contributed by atoms with van der Waals surface area (Å²) in [6.07, 6.45) is 0.269. The number of amides is 1. The molecule has 0 atom stereocenters. The van der Waals surface area contributed by atoms with E-state index in [9.17, 15) is 22.9 Å². The number of anilines is 1. The Bertz CT molecular complexity index is 1710. The predicted molar refractivity (Wildman–Crippen MR) is 146 cm³/mol. The van der Waals surface area contributed by atoms with Gasteiger partial charge in [-0.1, -0.05) is 60.5 Å². The summed E-state index contributed by atoms with van der Waals surface area (Å²) in [4.78, 5) is 12.7. The first kappa shape index (κ1) is 27.3. The first-order valence-corrected chi connectivity index (χ1v) is 13.3. The smallest absolute Gasteiger partial charge is 0.297 e. The maximum atomic E-state index is 13.2. The van der Waals surface area contributed by atoms with Crippen LogP contribution in [0.5, 0.6) is 11.5 Å². The van der Waals surface area contributed by atoms with Crippen LogP contribution in [0.25, 0.3) is 10.8 Å². The van der Waals surface area contributed by atoms with E-state index in [0.717, 1.165) is 0 Å².